The molecule has 0 saturated carbocycles. The topological polar surface area (TPSA) is 78.1 Å². The second-order valence-electron chi connectivity index (χ2n) is 3.48. The van der Waals surface area contributed by atoms with Crippen molar-refractivity contribution >= 4 is 5.82 Å². The van der Waals surface area contributed by atoms with Crippen LogP contribution in [0.4, 0.5) is 5.82 Å². The molecule has 78 valence electrons. The van der Waals surface area contributed by atoms with E-state index < -0.39 is 0 Å². The third-order valence-electron chi connectivity index (χ3n) is 2.27. The van der Waals surface area contributed by atoms with Gasteiger partial charge in [-0.3, -0.25) is 0 Å². The lowest BCUT2D eigenvalue weighted by atomic mass is 10.1. The Balaban J connectivity index is 2.41. The molecule has 2 rings (SSSR count). The molecule has 0 spiro atoms. The number of aromatic nitrogens is 1. The van der Waals surface area contributed by atoms with Crippen molar-refractivity contribution in [3.05, 3.63) is 47.5 Å². The van der Waals surface area contributed by atoms with Crippen molar-refractivity contribution in [1.29, 1.82) is 0 Å². The number of nitrogens with zero attached hydrogens (tertiary/aromatic N) is 1. The van der Waals surface area contributed by atoms with Gasteiger partial charge in [-0.25, -0.2) is 4.98 Å². The third kappa shape index (κ3) is 1.85. The molecule has 15 heavy (non-hydrogen) atoms. The number of aryl methyl sites for hydroxylation is 1. The van der Waals surface area contributed by atoms with Crippen molar-refractivity contribution in [2.24, 2.45) is 5.73 Å². The molecule has 0 radical (unpaired) electrons. The largest absolute Gasteiger partial charge is 0.467 e. The van der Waals surface area contributed by atoms with Gasteiger partial charge in [-0.1, -0.05) is 0 Å². The zero-order valence-corrected chi connectivity index (χ0v) is 8.47. The van der Waals surface area contributed by atoms with E-state index in [0.717, 1.165) is 11.1 Å². The van der Waals surface area contributed by atoms with E-state index in [9.17, 15) is 0 Å². The Labute approximate surface area is 87.9 Å². The van der Waals surface area contributed by atoms with E-state index in [1.54, 1.807) is 18.5 Å². The average Bonchev–Trinajstić information content (AvgIpc) is 2.74. The molecule has 1 atom stereocenters. The zero-order valence-electron chi connectivity index (χ0n) is 8.47. The van der Waals surface area contributed by atoms with Gasteiger partial charge in [0.2, 0.25) is 0 Å². The number of hydrogen-bond acceptors (Lipinski definition) is 4. The number of anilines is 1. The van der Waals surface area contributed by atoms with Crippen molar-refractivity contribution in [1.82, 2.24) is 4.98 Å². The molecule has 0 aliphatic carbocycles. The molecule has 4 heteroatoms. The highest BCUT2D eigenvalue weighted by Gasteiger charge is 2.15. The van der Waals surface area contributed by atoms with Gasteiger partial charge in [0.1, 0.15) is 11.6 Å². The number of furan rings is 1. The first-order chi connectivity index (χ1) is 7.18. The summed E-state index contributed by atoms with van der Waals surface area (Å²) in [6.45, 7) is 1.95. The minimum absolute atomic E-state index is 0.354. The van der Waals surface area contributed by atoms with Crippen LogP contribution in [0.5, 0.6) is 0 Å². The van der Waals surface area contributed by atoms with Gasteiger partial charge >= 0.3 is 0 Å². The summed E-state index contributed by atoms with van der Waals surface area (Å²) in [5.74, 6) is 1.14. The predicted molar refractivity (Wildman–Crippen MR) is 58.1 cm³/mol. The SMILES string of the molecule is Cc1cnc(N)c(C(N)c2ccco2)c1. The third-order valence-corrected chi connectivity index (χ3v) is 2.27. The fourth-order valence-electron chi connectivity index (χ4n) is 1.47. The summed E-state index contributed by atoms with van der Waals surface area (Å²) in [7, 11) is 0. The second kappa shape index (κ2) is 3.74. The van der Waals surface area contributed by atoms with Gasteiger partial charge in [-0.15, -0.1) is 0 Å². The molecule has 0 aromatic carbocycles. The first-order valence-electron chi connectivity index (χ1n) is 4.69. The Kier molecular flexibility index (Phi) is 2.43. The minimum atomic E-state index is -0.354. The second-order valence-corrected chi connectivity index (χ2v) is 3.48. The summed E-state index contributed by atoms with van der Waals surface area (Å²) in [4.78, 5) is 4.07. The normalized spacial score (nSPS) is 12.7. The minimum Gasteiger partial charge on any atom is -0.467 e. The number of hydrogen-bond donors (Lipinski definition) is 2. The summed E-state index contributed by atoms with van der Waals surface area (Å²) >= 11 is 0. The standard InChI is InChI=1S/C11H13N3O/c1-7-5-8(11(13)14-6-7)10(12)9-3-2-4-15-9/h2-6,10H,12H2,1H3,(H2,13,14). The molecule has 1 unspecified atom stereocenters. The molecular formula is C11H13N3O. The maximum atomic E-state index is 6.02. The summed E-state index contributed by atoms with van der Waals surface area (Å²) in [5.41, 5.74) is 13.6. The van der Waals surface area contributed by atoms with Crippen molar-refractivity contribution < 1.29 is 4.42 Å². The van der Waals surface area contributed by atoms with Crippen LogP contribution in [0.1, 0.15) is 22.9 Å². The van der Waals surface area contributed by atoms with Crippen LogP contribution in [0, 0.1) is 6.92 Å². The van der Waals surface area contributed by atoms with Crippen LogP contribution < -0.4 is 11.5 Å². The van der Waals surface area contributed by atoms with Crippen LogP contribution in [-0.2, 0) is 0 Å². The Hall–Kier alpha value is -1.81. The molecule has 0 bridgehead atoms. The first kappa shape index (κ1) is 9.73. The first-order valence-corrected chi connectivity index (χ1v) is 4.69. The fraction of sp³-hybridized carbons (Fsp3) is 0.182. The molecule has 0 saturated heterocycles. The highest BCUT2D eigenvalue weighted by Crippen LogP contribution is 2.24. The molecule has 0 fully saturated rings. The van der Waals surface area contributed by atoms with Crippen LogP contribution >= 0.6 is 0 Å². The molecule has 2 aromatic heterocycles. The van der Waals surface area contributed by atoms with Crippen LogP contribution in [0.25, 0.3) is 0 Å². The van der Waals surface area contributed by atoms with E-state index in [4.69, 9.17) is 15.9 Å². The summed E-state index contributed by atoms with van der Waals surface area (Å²) in [6, 6.07) is 5.20. The maximum Gasteiger partial charge on any atom is 0.128 e. The van der Waals surface area contributed by atoms with E-state index in [0.29, 0.717) is 11.6 Å². The Morgan fingerprint density at radius 1 is 1.47 bits per heavy atom. The predicted octanol–water partition coefficient (Wildman–Crippen LogP) is 1.61. The van der Waals surface area contributed by atoms with Crippen LogP contribution in [0.2, 0.25) is 0 Å². The average molecular weight is 203 g/mol. The van der Waals surface area contributed by atoms with Crippen molar-refractivity contribution in [2.75, 3.05) is 5.73 Å². The van der Waals surface area contributed by atoms with Crippen LogP contribution in [-0.4, -0.2) is 4.98 Å². The Morgan fingerprint density at radius 3 is 2.93 bits per heavy atom. The van der Waals surface area contributed by atoms with Gasteiger partial charge in [0.15, 0.2) is 0 Å². The molecule has 0 aliphatic heterocycles. The van der Waals surface area contributed by atoms with E-state index in [1.165, 1.54) is 0 Å². The van der Waals surface area contributed by atoms with Gasteiger partial charge in [0.25, 0.3) is 0 Å². The highest BCUT2D eigenvalue weighted by atomic mass is 16.3. The van der Waals surface area contributed by atoms with Gasteiger partial charge in [-0.05, 0) is 30.7 Å². The van der Waals surface area contributed by atoms with Crippen LogP contribution in [0.3, 0.4) is 0 Å². The van der Waals surface area contributed by atoms with Gasteiger partial charge in [-0.2, -0.15) is 0 Å². The van der Waals surface area contributed by atoms with E-state index in [2.05, 4.69) is 4.98 Å². The summed E-state index contributed by atoms with van der Waals surface area (Å²) in [5, 5.41) is 0. The fourth-order valence-corrected chi connectivity index (χ4v) is 1.47. The van der Waals surface area contributed by atoms with Crippen LogP contribution in [0.15, 0.2) is 35.1 Å². The van der Waals surface area contributed by atoms with E-state index in [1.807, 2.05) is 19.1 Å². The van der Waals surface area contributed by atoms with Gasteiger partial charge in [0, 0.05) is 11.8 Å². The molecule has 4 N–H and O–H groups in total. The summed E-state index contributed by atoms with van der Waals surface area (Å²) in [6.07, 6.45) is 3.31. The van der Waals surface area contributed by atoms with Gasteiger partial charge in [0.05, 0.1) is 12.3 Å². The quantitative estimate of drug-likeness (QED) is 0.777. The van der Waals surface area contributed by atoms with E-state index >= 15 is 0 Å². The van der Waals surface area contributed by atoms with Crippen molar-refractivity contribution in [2.45, 2.75) is 13.0 Å². The molecule has 0 amide bonds. The Morgan fingerprint density at radius 2 is 2.27 bits per heavy atom. The number of nitrogen functional groups attached to an aromatic ring is 1. The van der Waals surface area contributed by atoms with Crippen molar-refractivity contribution in [3.8, 4) is 0 Å². The van der Waals surface area contributed by atoms with Crippen molar-refractivity contribution in [3.63, 3.8) is 0 Å². The smallest absolute Gasteiger partial charge is 0.128 e. The number of pyridine rings is 1. The number of nitrogens with two attached hydrogens (primary N) is 2. The lowest BCUT2D eigenvalue weighted by Crippen LogP contribution is -2.14. The Bertz CT molecular complexity index is 451. The molecule has 2 heterocycles. The monoisotopic (exact) mass is 203 g/mol. The lowest BCUT2D eigenvalue weighted by Gasteiger charge is -2.11. The lowest BCUT2D eigenvalue weighted by molar-refractivity contribution is 0.490. The maximum absolute atomic E-state index is 6.02. The molecule has 2 aromatic rings. The zero-order chi connectivity index (χ0) is 10.8. The van der Waals surface area contributed by atoms with Gasteiger partial charge < -0.3 is 15.9 Å². The number of rotatable bonds is 2. The highest BCUT2D eigenvalue weighted by molar-refractivity contribution is 5.45. The molecular weight excluding hydrogens is 190 g/mol. The molecule has 4 nitrogen and oxygen atoms in total. The van der Waals surface area contributed by atoms with E-state index in [-0.39, 0.29) is 6.04 Å². The molecule has 0 aliphatic rings. The summed E-state index contributed by atoms with van der Waals surface area (Å²) < 4.78 is 5.24.